The van der Waals surface area contributed by atoms with Crippen molar-refractivity contribution < 1.29 is 14.3 Å². The maximum absolute atomic E-state index is 13.9. The number of amides is 1. The van der Waals surface area contributed by atoms with Crippen molar-refractivity contribution in [3.05, 3.63) is 88.9 Å². The van der Waals surface area contributed by atoms with Crippen molar-refractivity contribution in [3.63, 3.8) is 0 Å². The van der Waals surface area contributed by atoms with Gasteiger partial charge in [0.15, 0.2) is 11.5 Å². The number of hydrazone groups is 1. The summed E-state index contributed by atoms with van der Waals surface area (Å²) in [6.07, 6.45) is 0. The number of methoxy groups -OCH3 is 1. The molecule has 0 bridgehead atoms. The number of carbonyl (C=O) groups excluding carboxylic acids is 1. The second kappa shape index (κ2) is 6.89. The zero-order valence-electron chi connectivity index (χ0n) is 16.5. The van der Waals surface area contributed by atoms with Gasteiger partial charge in [0.2, 0.25) is 5.60 Å². The van der Waals surface area contributed by atoms with E-state index in [9.17, 15) is 4.79 Å². The molecule has 5 rings (SSSR count). The van der Waals surface area contributed by atoms with Crippen molar-refractivity contribution in [1.82, 2.24) is 0 Å². The van der Waals surface area contributed by atoms with E-state index < -0.39 is 5.60 Å². The molecule has 0 saturated heterocycles. The Morgan fingerprint density at radius 3 is 2.47 bits per heavy atom. The van der Waals surface area contributed by atoms with Gasteiger partial charge in [0.25, 0.3) is 5.91 Å². The fourth-order valence-electron chi connectivity index (χ4n) is 4.31. The van der Waals surface area contributed by atoms with Crippen molar-refractivity contribution in [2.24, 2.45) is 5.10 Å². The van der Waals surface area contributed by atoms with E-state index in [0.29, 0.717) is 27.9 Å². The molecule has 2 atom stereocenters. The molecule has 150 valence electrons. The summed E-state index contributed by atoms with van der Waals surface area (Å²) in [4.78, 5) is 13.9. The number of ether oxygens (including phenoxy) is 2. The summed E-state index contributed by atoms with van der Waals surface area (Å²) in [5.74, 6) is 0.536. The minimum atomic E-state index is -1.29. The number of fused-ring (bicyclic) bond motifs is 1. The number of rotatable bonds is 3. The van der Waals surface area contributed by atoms with Gasteiger partial charge in [0.05, 0.1) is 24.4 Å². The van der Waals surface area contributed by atoms with Gasteiger partial charge in [0, 0.05) is 10.6 Å². The lowest BCUT2D eigenvalue weighted by molar-refractivity contribution is -0.127. The number of carbonyl (C=O) groups is 1. The van der Waals surface area contributed by atoms with E-state index >= 15 is 0 Å². The van der Waals surface area contributed by atoms with Crippen LogP contribution in [-0.4, -0.2) is 24.3 Å². The number of benzene rings is 3. The van der Waals surface area contributed by atoms with Gasteiger partial charge in [-0.05, 0) is 42.8 Å². The van der Waals surface area contributed by atoms with Crippen LogP contribution in [0.25, 0.3) is 0 Å². The first kappa shape index (κ1) is 18.7. The molecule has 0 fully saturated rings. The minimum absolute atomic E-state index is 0.232. The molecule has 3 aromatic carbocycles. The van der Waals surface area contributed by atoms with Gasteiger partial charge in [-0.3, -0.25) is 4.79 Å². The van der Waals surface area contributed by atoms with E-state index in [4.69, 9.17) is 21.1 Å². The van der Waals surface area contributed by atoms with Crippen LogP contribution < -0.4 is 14.5 Å². The van der Waals surface area contributed by atoms with Crippen LogP contribution in [0.2, 0.25) is 5.02 Å². The highest BCUT2D eigenvalue weighted by Gasteiger charge is 2.62. The van der Waals surface area contributed by atoms with Crippen molar-refractivity contribution in [3.8, 4) is 11.5 Å². The monoisotopic (exact) mass is 418 g/mol. The molecule has 0 saturated carbocycles. The number of halogens is 1. The molecule has 0 radical (unpaired) electrons. The molecule has 0 N–H and O–H groups in total. The summed E-state index contributed by atoms with van der Waals surface area (Å²) in [6, 6.07) is 22.6. The topological polar surface area (TPSA) is 51.1 Å². The molecule has 5 nitrogen and oxygen atoms in total. The summed E-state index contributed by atoms with van der Waals surface area (Å²) < 4.78 is 12.0. The lowest BCUT2D eigenvalue weighted by atomic mass is 9.76. The lowest BCUT2D eigenvalue weighted by Gasteiger charge is -2.29. The molecule has 1 spiro atoms. The molecule has 3 aromatic rings. The Kier molecular flexibility index (Phi) is 4.29. The minimum Gasteiger partial charge on any atom is -0.493 e. The van der Waals surface area contributed by atoms with Gasteiger partial charge < -0.3 is 9.47 Å². The Hall–Kier alpha value is -3.31. The van der Waals surface area contributed by atoms with Gasteiger partial charge in [0.1, 0.15) is 0 Å². The summed E-state index contributed by atoms with van der Waals surface area (Å²) in [7, 11) is 1.59. The zero-order valence-corrected chi connectivity index (χ0v) is 17.3. The van der Waals surface area contributed by atoms with Gasteiger partial charge in [-0.25, -0.2) is 0 Å². The van der Waals surface area contributed by atoms with E-state index in [-0.39, 0.29) is 11.8 Å². The number of anilines is 1. The molecule has 2 heterocycles. The Morgan fingerprint density at radius 1 is 1.03 bits per heavy atom. The van der Waals surface area contributed by atoms with Gasteiger partial charge in [-0.15, -0.1) is 0 Å². The van der Waals surface area contributed by atoms with Crippen LogP contribution >= 0.6 is 11.6 Å². The number of hydrogen-bond acceptors (Lipinski definition) is 4. The zero-order chi connectivity index (χ0) is 20.9. The molecule has 0 unspecified atom stereocenters. The third-order valence-corrected chi connectivity index (χ3v) is 5.96. The largest absolute Gasteiger partial charge is 0.493 e. The molecular formula is C24H19ClN2O3. The maximum atomic E-state index is 13.9. The fraction of sp³-hybridized carbons (Fsp3) is 0.167. The van der Waals surface area contributed by atoms with Crippen LogP contribution in [-0.2, 0) is 4.79 Å². The number of nitrogens with zero attached hydrogens (tertiary/aromatic N) is 2. The summed E-state index contributed by atoms with van der Waals surface area (Å²) in [6.45, 7) is 1.84. The molecule has 1 amide bonds. The van der Waals surface area contributed by atoms with Crippen molar-refractivity contribution in [1.29, 1.82) is 0 Å². The average Bonchev–Trinajstić information content (AvgIpc) is 3.25. The summed E-state index contributed by atoms with van der Waals surface area (Å²) >= 11 is 6.13. The smallest absolute Gasteiger partial charge is 0.298 e. The third-order valence-electron chi connectivity index (χ3n) is 5.71. The van der Waals surface area contributed by atoms with Crippen LogP contribution in [0.5, 0.6) is 11.5 Å². The van der Waals surface area contributed by atoms with Crippen LogP contribution in [0.1, 0.15) is 24.0 Å². The lowest BCUT2D eigenvalue weighted by Crippen LogP contribution is -2.52. The van der Waals surface area contributed by atoms with Gasteiger partial charge >= 0.3 is 0 Å². The predicted octanol–water partition coefficient (Wildman–Crippen LogP) is 5.03. The van der Waals surface area contributed by atoms with Crippen LogP contribution in [0.3, 0.4) is 0 Å². The highest BCUT2D eigenvalue weighted by molar-refractivity contribution is 6.30. The molecular weight excluding hydrogens is 400 g/mol. The first-order chi connectivity index (χ1) is 14.6. The average molecular weight is 419 g/mol. The van der Waals surface area contributed by atoms with Crippen LogP contribution in [0.4, 0.5) is 5.69 Å². The normalized spacial score (nSPS) is 22.1. The second-order valence-corrected chi connectivity index (χ2v) is 7.78. The van der Waals surface area contributed by atoms with Crippen molar-refractivity contribution in [2.75, 3.05) is 12.1 Å². The molecule has 0 aromatic heterocycles. The van der Waals surface area contributed by atoms with E-state index in [1.807, 2.05) is 79.7 Å². The third kappa shape index (κ3) is 2.55. The molecule has 0 aliphatic carbocycles. The Bertz CT molecular complexity index is 1160. The molecule has 6 heteroatoms. The van der Waals surface area contributed by atoms with E-state index in [0.717, 1.165) is 11.1 Å². The van der Waals surface area contributed by atoms with E-state index in [1.54, 1.807) is 7.11 Å². The molecule has 2 aliphatic heterocycles. The van der Waals surface area contributed by atoms with Crippen LogP contribution in [0.15, 0.2) is 77.9 Å². The van der Waals surface area contributed by atoms with E-state index in [2.05, 4.69) is 5.10 Å². The maximum Gasteiger partial charge on any atom is 0.298 e. The predicted molar refractivity (Wildman–Crippen MR) is 117 cm³/mol. The quantitative estimate of drug-likeness (QED) is 0.599. The van der Waals surface area contributed by atoms with Crippen molar-refractivity contribution in [2.45, 2.75) is 18.4 Å². The SMILES string of the molecule is COc1cccc2c1O[C@@]1(C(=O)N(c3ccccc3)N=C1C)[C@H]2c1ccc(Cl)cc1. The van der Waals surface area contributed by atoms with Gasteiger partial charge in [-0.1, -0.05) is 54.1 Å². The fourth-order valence-corrected chi connectivity index (χ4v) is 4.44. The second-order valence-electron chi connectivity index (χ2n) is 7.34. The van der Waals surface area contributed by atoms with Gasteiger partial charge in [-0.2, -0.15) is 10.1 Å². The Balaban J connectivity index is 1.71. The van der Waals surface area contributed by atoms with Crippen molar-refractivity contribution >= 4 is 28.9 Å². The Morgan fingerprint density at radius 2 is 1.77 bits per heavy atom. The first-order valence-corrected chi connectivity index (χ1v) is 10.0. The number of para-hydroxylation sites is 2. The summed E-state index contributed by atoms with van der Waals surface area (Å²) in [5, 5.41) is 6.67. The number of hydrogen-bond donors (Lipinski definition) is 0. The molecule has 30 heavy (non-hydrogen) atoms. The van der Waals surface area contributed by atoms with E-state index in [1.165, 1.54) is 5.01 Å². The Labute approximate surface area is 179 Å². The standard InChI is InChI=1S/C24H19ClN2O3/c1-15-24(23(28)27(26-15)18-7-4-3-5-8-18)21(16-11-13-17(25)14-12-16)19-9-6-10-20(29-2)22(19)30-24/h3-14,21H,1-2H3/t21-,24+/m0/s1. The van der Waals surface area contributed by atoms with Crippen LogP contribution in [0, 0.1) is 0 Å². The molecule has 2 aliphatic rings. The summed E-state index contributed by atoms with van der Waals surface area (Å²) in [5.41, 5.74) is 1.80. The first-order valence-electron chi connectivity index (χ1n) is 9.63. The highest BCUT2D eigenvalue weighted by Crippen LogP contribution is 2.55. The highest BCUT2D eigenvalue weighted by atomic mass is 35.5.